The summed E-state index contributed by atoms with van der Waals surface area (Å²) in [6.07, 6.45) is -0.190. The van der Waals surface area contributed by atoms with Crippen molar-refractivity contribution in [2.75, 3.05) is 20.2 Å². The van der Waals surface area contributed by atoms with Gasteiger partial charge in [-0.3, -0.25) is 19.2 Å². The predicted molar refractivity (Wildman–Crippen MR) is 129 cm³/mol. The van der Waals surface area contributed by atoms with Crippen LogP contribution in [0.25, 0.3) is 0 Å². The minimum absolute atomic E-state index is 0.0349. The molecule has 0 saturated carbocycles. The van der Waals surface area contributed by atoms with E-state index in [9.17, 15) is 29.1 Å². The Morgan fingerprint density at radius 1 is 1.22 bits per heavy atom. The molecule has 5 N–H and O–H groups in total. The fourth-order valence-corrected chi connectivity index (χ4v) is 3.16. The summed E-state index contributed by atoms with van der Waals surface area (Å²) in [7, 11) is 1.15. The lowest BCUT2D eigenvalue weighted by atomic mass is 9.99. The fraction of sp³-hybridized carbons (Fsp3) is 0.458. The van der Waals surface area contributed by atoms with Crippen molar-refractivity contribution < 1.29 is 38.6 Å². The number of ether oxygens (including phenoxy) is 2. The normalized spacial score (nSPS) is 12.5. The molecule has 0 spiro atoms. The summed E-state index contributed by atoms with van der Waals surface area (Å²) in [6, 6.07) is 1.47. The lowest BCUT2D eigenvalue weighted by molar-refractivity contribution is -0.144. The van der Waals surface area contributed by atoms with Crippen LogP contribution in [-0.2, 0) is 28.7 Å². The highest BCUT2D eigenvalue weighted by atomic mass is 16.6. The highest BCUT2D eigenvalue weighted by Crippen LogP contribution is 2.27. The number of rotatable bonds is 11. The lowest BCUT2D eigenvalue weighted by Crippen LogP contribution is -2.54. The number of phenols is 1. The Kier molecular flexibility index (Phi) is 10.9. The van der Waals surface area contributed by atoms with Crippen molar-refractivity contribution in [2.24, 2.45) is 5.73 Å². The first kappa shape index (κ1) is 29.9. The number of amides is 4. The van der Waals surface area contributed by atoms with E-state index in [0.717, 1.165) is 12.0 Å². The zero-order valence-corrected chi connectivity index (χ0v) is 21.1. The van der Waals surface area contributed by atoms with Crippen LogP contribution in [0.15, 0.2) is 30.9 Å². The van der Waals surface area contributed by atoms with E-state index in [1.54, 1.807) is 27.7 Å². The van der Waals surface area contributed by atoms with E-state index >= 15 is 0 Å². The average Bonchev–Trinajstić information content (AvgIpc) is 2.76. The highest BCUT2D eigenvalue weighted by Gasteiger charge is 2.36. The van der Waals surface area contributed by atoms with Crippen molar-refractivity contribution in [3.8, 4) is 5.75 Å². The molecule has 12 heteroatoms. The number of nitrogens with two attached hydrogens (primary N) is 1. The van der Waals surface area contributed by atoms with Gasteiger partial charge in [0.25, 0.3) is 0 Å². The van der Waals surface area contributed by atoms with Gasteiger partial charge in [0.2, 0.25) is 17.7 Å². The number of esters is 1. The molecule has 0 aromatic heterocycles. The topological polar surface area (TPSA) is 177 Å². The molecule has 0 radical (unpaired) electrons. The maximum Gasteiger partial charge on any atom is 0.408 e. The van der Waals surface area contributed by atoms with Gasteiger partial charge in [0.1, 0.15) is 30.0 Å². The Hall–Kier alpha value is -4.09. The third kappa shape index (κ3) is 9.28. The molecule has 4 amide bonds. The Balaban J connectivity index is 3.49. The van der Waals surface area contributed by atoms with E-state index in [0.29, 0.717) is 5.56 Å². The predicted octanol–water partition coefficient (Wildman–Crippen LogP) is 0.814. The number of methoxy groups -OCH3 is 1. The second kappa shape index (κ2) is 13.1. The molecule has 0 aliphatic rings. The van der Waals surface area contributed by atoms with Gasteiger partial charge in [0.15, 0.2) is 0 Å². The van der Waals surface area contributed by atoms with Crippen LogP contribution in [0.2, 0.25) is 0 Å². The molecule has 36 heavy (non-hydrogen) atoms. The number of phenolic OH excluding ortho intramolecular Hbond substituents is 1. The summed E-state index contributed by atoms with van der Waals surface area (Å²) < 4.78 is 9.73. The number of carbonyl (C=O) groups is 5. The van der Waals surface area contributed by atoms with Crippen LogP contribution < -0.4 is 16.4 Å². The van der Waals surface area contributed by atoms with Crippen molar-refractivity contribution in [3.05, 3.63) is 42.0 Å². The van der Waals surface area contributed by atoms with E-state index in [4.69, 9.17) is 10.5 Å². The van der Waals surface area contributed by atoms with Gasteiger partial charge >= 0.3 is 12.1 Å². The number of carbonyl (C=O) groups excluding carboxylic acids is 5. The van der Waals surface area contributed by atoms with E-state index in [-0.39, 0.29) is 17.9 Å². The first-order chi connectivity index (χ1) is 16.7. The Labute approximate surface area is 209 Å². The highest BCUT2D eigenvalue weighted by molar-refractivity contribution is 5.95. The molecule has 0 bridgehead atoms. The molecule has 2 unspecified atom stereocenters. The standard InChI is InChI=1S/C24H34N4O8/c1-7-10-28(22(33)16(12-18(25)30)27-23(34)36-24(3,4)5)20(21(32)26-13-19(31)35-6)15-8-9-17(29)14(2)11-15/h7-9,11,16,20,29H,1,10,12-13H2,2-6H3,(H2,25,30)(H,26,32)(H,27,34). The minimum atomic E-state index is -1.47. The molecule has 0 aliphatic heterocycles. The van der Waals surface area contributed by atoms with Gasteiger partial charge in [0, 0.05) is 6.54 Å². The summed E-state index contributed by atoms with van der Waals surface area (Å²) >= 11 is 0. The monoisotopic (exact) mass is 506 g/mol. The zero-order chi connectivity index (χ0) is 27.6. The molecule has 1 rings (SSSR count). The molecule has 1 aromatic rings. The minimum Gasteiger partial charge on any atom is -0.508 e. The number of aryl methyl sites for hydroxylation is 1. The number of nitrogens with one attached hydrogen (secondary N) is 2. The summed E-state index contributed by atoms with van der Waals surface area (Å²) in [5.41, 5.74) is 5.13. The molecule has 0 fully saturated rings. The van der Waals surface area contributed by atoms with Gasteiger partial charge in [-0.15, -0.1) is 6.58 Å². The summed E-state index contributed by atoms with van der Waals surface area (Å²) in [4.78, 5) is 63.6. The molecular weight excluding hydrogens is 472 g/mol. The van der Waals surface area contributed by atoms with Gasteiger partial charge in [-0.1, -0.05) is 12.1 Å². The number of hydrogen-bond donors (Lipinski definition) is 4. The third-order valence-electron chi connectivity index (χ3n) is 4.73. The van der Waals surface area contributed by atoms with E-state index < -0.39 is 60.4 Å². The SMILES string of the molecule is C=CCN(C(=O)C(CC(N)=O)NC(=O)OC(C)(C)C)C(C(=O)NCC(=O)OC)c1ccc(O)c(C)c1. The second-order valence-electron chi connectivity index (χ2n) is 8.89. The number of primary amides is 1. The molecule has 2 atom stereocenters. The quantitative estimate of drug-likeness (QED) is 0.252. The van der Waals surface area contributed by atoms with Crippen LogP contribution in [0.1, 0.15) is 44.4 Å². The van der Waals surface area contributed by atoms with Crippen LogP contribution in [0, 0.1) is 6.92 Å². The van der Waals surface area contributed by atoms with Crippen LogP contribution in [-0.4, -0.2) is 71.6 Å². The van der Waals surface area contributed by atoms with Crippen molar-refractivity contribution in [1.82, 2.24) is 15.5 Å². The molecule has 0 saturated heterocycles. The summed E-state index contributed by atoms with van der Waals surface area (Å²) in [5.74, 6) is -3.22. The Morgan fingerprint density at radius 3 is 2.36 bits per heavy atom. The van der Waals surface area contributed by atoms with Gasteiger partial charge in [0.05, 0.1) is 13.5 Å². The fourth-order valence-electron chi connectivity index (χ4n) is 3.16. The average molecular weight is 507 g/mol. The number of aromatic hydroxyl groups is 1. The van der Waals surface area contributed by atoms with Crippen LogP contribution in [0.3, 0.4) is 0 Å². The molecule has 198 valence electrons. The van der Waals surface area contributed by atoms with Gasteiger partial charge in [-0.05, 0) is 51.0 Å². The van der Waals surface area contributed by atoms with Gasteiger partial charge in [-0.25, -0.2) is 4.79 Å². The largest absolute Gasteiger partial charge is 0.508 e. The van der Waals surface area contributed by atoms with E-state index in [1.165, 1.54) is 24.3 Å². The van der Waals surface area contributed by atoms with Crippen molar-refractivity contribution in [3.63, 3.8) is 0 Å². The molecule has 1 aromatic carbocycles. The molecule has 12 nitrogen and oxygen atoms in total. The number of benzene rings is 1. The molecular formula is C24H34N4O8. The van der Waals surface area contributed by atoms with Crippen molar-refractivity contribution in [2.45, 2.75) is 51.8 Å². The number of hydrogen-bond acceptors (Lipinski definition) is 8. The maximum atomic E-state index is 13.6. The molecule has 0 aliphatic carbocycles. The third-order valence-corrected chi connectivity index (χ3v) is 4.73. The van der Waals surface area contributed by atoms with Crippen molar-refractivity contribution >= 4 is 29.8 Å². The first-order valence-corrected chi connectivity index (χ1v) is 11.0. The Bertz CT molecular complexity index is 1000. The summed E-state index contributed by atoms with van der Waals surface area (Å²) in [5, 5.41) is 14.7. The smallest absolute Gasteiger partial charge is 0.408 e. The number of nitrogens with zero attached hydrogens (tertiary/aromatic N) is 1. The van der Waals surface area contributed by atoms with Gasteiger partial charge in [-0.2, -0.15) is 0 Å². The summed E-state index contributed by atoms with van der Waals surface area (Å²) in [6.45, 7) is 9.43. The van der Waals surface area contributed by atoms with Crippen LogP contribution in [0.5, 0.6) is 5.75 Å². The first-order valence-electron chi connectivity index (χ1n) is 11.0. The van der Waals surface area contributed by atoms with Crippen molar-refractivity contribution in [1.29, 1.82) is 0 Å². The van der Waals surface area contributed by atoms with Gasteiger partial charge < -0.3 is 35.8 Å². The number of alkyl carbamates (subject to hydrolysis) is 1. The Morgan fingerprint density at radius 2 is 1.86 bits per heavy atom. The maximum absolute atomic E-state index is 13.6. The van der Waals surface area contributed by atoms with E-state index in [1.807, 2.05) is 0 Å². The molecule has 0 heterocycles. The zero-order valence-electron chi connectivity index (χ0n) is 21.1. The van der Waals surface area contributed by atoms with E-state index in [2.05, 4.69) is 21.9 Å². The van der Waals surface area contributed by atoms with Crippen LogP contribution in [0.4, 0.5) is 4.79 Å². The second-order valence-corrected chi connectivity index (χ2v) is 8.89. The van der Waals surface area contributed by atoms with Crippen LogP contribution >= 0.6 is 0 Å². The lowest BCUT2D eigenvalue weighted by Gasteiger charge is -2.33.